The van der Waals surface area contributed by atoms with Crippen LogP contribution < -0.4 is 10.1 Å². The average molecular weight is 304 g/mol. The highest BCUT2D eigenvalue weighted by Crippen LogP contribution is 2.23. The summed E-state index contributed by atoms with van der Waals surface area (Å²) in [6.45, 7) is 1.32. The summed E-state index contributed by atoms with van der Waals surface area (Å²) in [6.07, 6.45) is 6.73. The maximum absolute atomic E-state index is 6.16. The lowest BCUT2D eigenvalue weighted by Crippen LogP contribution is -2.15. The van der Waals surface area contributed by atoms with E-state index in [4.69, 9.17) is 16.3 Å². The van der Waals surface area contributed by atoms with Crippen LogP contribution in [0.2, 0.25) is 5.02 Å². The molecule has 1 aliphatic rings. The second-order valence-corrected chi connectivity index (χ2v) is 5.60. The predicted molar refractivity (Wildman–Crippen MR) is 82.5 cm³/mol. The van der Waals surface area contributed by atoms with E-state index in [2.05, 4.69) is 15.3 Å². The molecule has 0 spiro atoms. The van der Waals surface area contributed by atoms with Gasteiger partial charge < -0.3 is 10.1 Å². The van der Waals surface area contributed by atoms with Crippen LogP contribution in [-0.4, -0.2) is 22.6 Å². The van der Waals surface area contributed by atoms with Gasteiger partial charge in [-0.1, -0.05) is 17.7 Å². The molecule has 1 saturated carbocycles. The van der Waals surface area contributed by atoms with E-state index in [1.54, 1.807) is 12.4 Å². The molecule has 2 aromatic rings. The van der Waals surface area contributed by atoms with Gasteiger partial charge in [0.15, 0.2) is 0 Å². The zero-order valence-corrected chi connectivity index (χ0v) is 12.5. The summed E-state index contributed by atoms with van der Waals surface area (Å²) in [5.74, 6) is 0.614. The van der Waals surface area contributed by atoms with Crippen LogP contribution in [0.1, 0.15) is 24.1 Å². The van der Waals surface area contributed by atoms with Crippen molar-refractivity contribution in [2.75, 3.05) is 6.61 Å². The topological polar surface area (TPSA) is 47.0 Å². The van der Waals surface area contributed by atoms with Crippen molar-refractivity contribution >= 4 is 11.6 Å². The van der Waals surface area contributed by atoms with Gasteiger partial charge in [0.25, 0.3) is 0 Å². The molecule has 1 aliphatic carbocycles. The van der Waals surface area contributed by atoms with Gasteiger partial charge in [-0.2, -0.15) is 0 Å². The summed E-state index contributed by atoms with van der Waals surface area (Å²) in [5.41, 5.74) is 2.05. The fourth-order valence-corrected chi connectivity index (χ4v) is 2.19. The number of rotatable bonds is 7. The van der Waals surface area contributed by atoms with Gasteiger partial charge in [-0.15, -0.1) is 0 Å². The SMILES string of the molecule is Clc1cnc(OCCc2ccccn2)cc1CNC1CC1. The maximum Gasteiger partial charge on any atom is 0.213 e. The predicted octanol–water partition coefficient (Wildman–Crippen LogP) is 3.00. The lowest BCUT2D eigenvalue weighted by Gasteiger charge is -2.09. The van der Waals surface area contributed by atoms with Gasteiger partial charge in [0.2, 0.25) is 5.88 Å². The van der Waals surface area contributed by atoms with Gasteiger partial charge in [0.05, 0.1) is 11.6 Å². The molecule has 0 unspecified atom stereocenters. The number of ether oxygens (including phenoxy) is 1. The molecule has 0 aromatic carbocycles. The standard InChI is InChI=1S/C16H18ClN3O/c17-15-11-20-16(9-12(15)10-19-14-4-5-14)21-8-6-13-3-1-2-7-18-13/h1-3,7,9,11,14,19H,4-6,8,10H2. The molecule has 0 amide bonds. The Morgan fingerprint density at radius 2 is 2.19 bits per heavy atom. The molecule has 5 heteroatoms. The lowest BCUT2D eigenvalue weighted by atomic mass is 10.2. The van der Waals surface area contributed by atoms with Crippen LogP contribution in [0.15, 0.2) is 36.7 Å². The maximum atomic E-state index is 6.16. The molecule has 0 aliphatic heterocycles. The van der Waals surface area contributed by atoms with E-state index in [1.807, 2.05) is 24.3 Å². The Balaban J connectivity index is 1.53. The number of hydrogen-bond acceptors (Lipinski definition) is 4. The molecule has 2 heterocycles. The molecule has 0 saturated heterocycles. The summed E-state index contributed by atoms with van der Waals surface area (Å²) in [5, 5.41) is 4.13. The minimum Gasteiger partial charge on any atom is -0.477 e. The molecule has 110 valence electrons. The van der Waals surface area contributed by atoms with Crippen molar-refractivity contribution in [2.45, 2.75) is 31.8 Å². The first-order valence-electron chi connectivity index (χ1n) is 7.22. The minimum atomic E-state index is 0.557. The first-order chi connectivity index (χ1) is 10.3. The van der Waals surface area contributed by atoms with Crippen molar-refractivity contribution < 1.29 is 4.74 Å². The van der Waals surface area contributed by atoms with Crippen LogP contribution >= 0.6 is 11.6 Å². The van der Waals surface area contributed by atoms with E-state index in [9.17, 15) is 0 Å². The molecular weight excluding hydrogens is 286 g/mol. The average Bonchev–Trinajstić information content (AvgIpc) is 3.33. The molecule has 4 nitrogen and oxygen atoms in total. The molecule has 3 rings (SSSR count). The van der Waals surface area contributed by atoms with Crippen molar-refractivity contribution in [2.24, 2.45) is 0 Å². The monoisotopic (exact) mass is 303 g/mol. The van der Waals surface area contributed by atoms with Crippen molar-refractivity contribution in [1.29, 1.82) is 0 Å². The largest absolute Gasteiger partial charge is 0.477 e. The molecule has 21 heavy (non-hydrogen) atoms. The highest BCUT2D eigenvalue weighted by atomic mass is 35.5. The third kappa shape index (κ3) is 4.41. The summed E-state index contributed by atoms with van der Waals surface area (Å²) in [6, 6.07) is 8.44. The Hall–Kier alpha value is -1.65. The second kappa shape index (κ2) is 6.87. The Morgan fingerprint density at radius 1 is 1.29 bits per heavy atom. The lowest BCUT2D eigenvalue weighted by molar-refractivity contribution is 0.308. The molecule has 0 atom stereocenters. The van der Waals surface area contributed by atoms with Gasteiger partial charge in [-0.3, -0.25) is 4.98 Å². The van der Waals surface area contributed by atoms with E-state index in [0.29, 0.717) is 23.6 Å². The van der Waals surface area contributed by atoms with Gasteiger partial charge in [0.1, 0.15) is 0 Å². The summed E-state index contributed by atoms with van der Waals surface area (Å²) in [4.78, 5) is 8.48. The number of halogens is 1. The van der Waals surface area contributed by atoms with Crippen molar-refractivity contribution in [3.05, 3.63) is 52.9 Å². The van der Waals surface area contributed by atoms with Crippen LogP contribution in [0.3, 0.4) is 0 Å². The summed E-state index contributed by atoms with van der Waals surface area (Å²) >= 11 is 6.16. The van der Waals surface area contributed by atoms with Gasteiger partial charge in [0, 0.05) is 43.2 Å². The Labute approximate surface area is 129 Å². The first-order valence-corrected chi connectivity index (χ1v) is 7.59. The van der Waals surface area contributed by atoms with Crippen LogP contribution in [0.4, 0.5) is 0 Å². The summed E-state index contributed by atoms with van der Waals surface area (Å²) < 4.78 is 5.69. The van der Waals surface area contributed by atoms with Crippen molar-refractivity contribution in [3.63, 3.8) is 0 Å². The number of nitrogens with one attached hydrogen (secondary N) is 1. The highest BCUT2D eigenvalue weighted by molar-refractivity contribution is 6.31. The van der Waals surface area contributed by atoms with E-state index >= 15 is 0 Å². The number of nitrogens with zero attached hydrogens (tertiary/aromatic N) is 2. The van der Waals surface area contributed by atoms with E-state index in [-0.39, 0.29) is 0 Å². The van der Waals surface area contributed by atoms with Crippen LogP contribution in [0.5, 0.6) is 5.88 Å². The van der Waals surface area contributed by atoms with Crippen molar-refractivity contribution in [1.82, 2.24) is 15.3 Å². The zero-order valence-electron chi connectivity index (χ0n) is 11.8. The van der Waals surface area contributed by atoms with Crippen LogP contribution in [0, 0.1) is 0 Å². The number of pyridine rings is 2. The molecule has 1 N–H and O–H groups in total. The third-order valence-electron chi connectivity index (χ3n) is 3.40. The molecular formula is C16H18ClN3O. The van der Waals surface area contributed by atoms with Gasteiger partial charge in [-0.05, 0) is 30.5 Å². The van der Waals surface area contributed by atoms with E-state index < -0.39 is 0 Å². The first kappa shape index (κ1) is 14.3. The van der Waals surface area contributed by atoms with Crippen LogP contribution in [-0.2, 0) is 13.0 Å². The fraction of sp³-hybridized carbons (Fsp3) is 0.375. The third-order valence-corrected chi connectivity index (χ3v) is 3.74. The van der Waals surface area contributed by atoms with E-state index in [1.165, 1.54) is 12.8 Å². The number of aromatic nitrogens is 2. The minimum absolute atomic E-state index is 0.557. The zero-order chi connectivity index (χ0) is 14.5. The van der Waals surface area contributed by atoms with Gasteiger partial charge >= 0.3 is 0 Å². The van der Waals surface area contributed by atoms with E-state index in [0.717, 1.165) is 24.2 Å². The Kier molecular flexibility index (Phi) is 4.68. The van der Waals surface area contributed by atoms with Gasteiger partial charge in [-0.25, -0.2) is 4.98 Å². The molecule has 2 aromatic heterocycles. The van der Waals surface area contributed by atoms with Crippen molar-refractivity contribution in [3.8, 4) is 5.88 Å². The molecule has 0 bridgehead atoms. The quantitative estimate of drug-likeness (QED) is 0.854. The fourth-order valence-electron chi connectivity index (χ4n) is 2.02. The molecule has 0 radical (unpaired) electrons. The normalized spacial score (nSPS) is 14.1. The Morgan fingerprint density at radius 3 is 2.95 bits per heavy atom. The smallest absolute Gasteiger partial charge is 0.213 e. The second-order valence-electron chi connectivity index (χ2n) is 5.19. The Bertz CT molecular complexity index is 587. The highest BCUT2D eigenvalue weighted by Gasteiger charge is 2.20. The molecule has 1 fully saturated rings. The number of hydrogen-bond donors (Lipinski definition) is 1. The van der Waals surface area contributed by atoms with Crippen LogP contribution in [0.25, 0.3) is 0 Å². The summed E-state index contributed by atoms with van der Waals surface area (Å²) in [7, 11) is 0.